The van der Waals surface area contributed by atoms with Crippen LogP contribution in [0.3, 0.4) is 0 Å². The van der Waals surface area contributed by atoms with E-state index in [2.05, 4.69) is 10.1 Å². The average Bonchev–Trinajstić information content (AvgIpc) is 3.46. The van der Waals surface area contributed by atoms with Crippen LogP contribution in [0.25, 0.3) is 11.0 Å². The third-order valence-electron chi connectivity index (χ3n) is 5.56. The van der Waals surface area contributed by atoms with Crippen LogP contribution in [-0.4, -0.2) is 53.6 Å². The number of aromatic carboxylic acids is 1. The van der Waals surface area contributed by atoms with Gasteiger partial charge >= 0.3 is 5.97 Å². The lowest BCUT2D eigenvalue weighted by molar-refractivity contribution is 0.0695. The van der Waals surface area contributed by atoms with Crippen molar-refractivity contribution in [2.75, 3.05) is 31.6 Å². The van der Waals surface area contributed by atoms with E-state index < -0.39 is 17.2 Å². The Morgan fingerprint density at radius 1 is 1.48 bits per heavy atom. The maximum absolute atomic E-state index is 15.0. The number of hydrogen-bond acceptors (Lipinski definition) is 7. The predicted molar refractivity (Wildman–Crippen MR) is 105 cm³/mol. The Balaban J connectivity index is 1.81. The monoisotopic (exact) mass is 403 g/mol. The normalized spacial score (nSPS) is 22.0. The van der Waals surface area contributed by atoms with Gasteiger partial charge in [-0.15, -0.1) is 0 Å². The van der Waals surface area contributed by atoms with Crippen molar-refractivity contribution >= 4 is 29.0 Å². The number of anilines is 1. The lowest BCUT2D eigenvalue weighted by atomic mass is 9.98. The Labute approximate surface area is 165 Å². The molecule has 0 bridgehead atoms. The van der Waals surface area contributed by atoms with Gasteiger partial charge in [-0.3, -0.25) is 4.79 Å². The molecule has 1 aliphatic heterocycles. The van der Waals surface area contributed by atoms with Gasteiger partial charge in [-0.25, -0.2) is 14.2 Å². The van der Waals surface area contributed by atoms with E-state index in [0.29, 0.717) is 25.3 Å². The first kappa shape index (κ1) is 19.3. The van der Waals surface area contributed by atoms with E-state index in [-0.39, 0.29) is 34.6 Å². The molecule has 3 N–H and O–H groups in total. The first-order valence-corrected chi connectivity index (χ1v) is 9.45. The number of carboxylic acid groups (broad SMARTS) is 1. The van der Waals surface area contributed by atoms with Crippen molar-refractivity contribution in [3.63, 3.8) is 0 Å². The van der Waals surface area contributed by atoms with Crippen LogP contribution in [-0.2, 0) is 4.84 Å². The number of oxime groups is 1. The molecule has 2 aromatic rings. The summed E-state index contributed by atoms with van der Waals surface area (Å²) in [6.45, 7) is 1.36. The smallest absolute Gasteiger partial charge is 0.341 e. The Morgan fingerprint density at radius 3 is 2.86 bits per heavy atom. The Morgan fingerprint density at radius 2 is 2.24 bits per heavy atom. The summed E-state index contributed by atoms with van der Waals surface area (Å²) in [5, 5.41) is 13.1. The molecule has 29 heavy (non-hydrogen) atoms. The number of aromatic nitrogens is 2. The second-order valence-corrected chi connectivity index (χ2v) is 7.48. The zero-order chi connectivity index (χ0) is 20.7. The SMILES string of the molecule is CON=CC1CN(c2nc3c(cc2F)c(=O)c(C(=O)O)cn3C2CC2)CC1CN. The molecule has 2 atom stereocenters. The number of rotatable bonds is 6. The Kier molecular flexibility index (Phi) is 4.95. The largest absolute Gasteiger partial charge is 0.477 e. The molecule has 2 fully saturated rings. The van der Waals surface area contributed by atoms with Gasteiger partial charge < -0.3 is 25.1 Å². The first-order valence-electron chi connectivity index (χ1n) is 9.45. The van der Waals surface area contributed by atoms with E-state index in [1.165, 1.54) is 13.3 Å². The van der Waals surface area contributed by atoms with Gasteiger partial charge in [0.05, 0.1) is 5.39 Å². The van der Waals surface area contributed by atoms with Crippen LogP contribution in [0.15, 0.2) is 22.2 Å². The second-order valence-electron chi connectivity index (χ2n) is 7.48. The van der Waals surface area contributed by atoms with Crippen molar-refractivity contribution in [1.29, 1.82) is 0 Å². The number of halogens is 1. The minimum absolute atomic E-state index is 0.0168. The average molecular weight is 403 g/mol. The highest BCUT2D eigenvalue weighted by Crippen LogP contribution is 2.37. The van der Waals surface area contributed by atoms with E-state index in [9.17, 15) is 19.1 Å². The fourth-order valence-corrected chi connectivity index (χ4v) is 3.87. The third kappa shape index (κ3) is 3.44. The number of pyridine rings is 2. The van der Waals surface area contributed by atoms with Crippen LogP contribution in [0.1, 0.15) is 29.2 Å². The number of nitrogens with two attached hydrogens (primary N) is 1. The van der Waals surface area contributed by atoms with Crippen LogP contribution in [0.5, 0.6) is 0 Å². The quantitative estimate of drug-likeness (QED) is 0.549. The molecule has 1 saturated heterocycles. The summed E-state index contributed by atoms with van der Waals surface area (Å²) in [5.74, 6) is -1.83. The number of nitrogens with zero attached hydrogens (tertiary/aromatic N) is 4. The summed E-state index contributed by atoms with van der Waals surface area (Å²) in [7, 11) is 1.45. The van der Waals surface area contributed by atoms with Crippen molar-refractivity contribution in [2.24, 2.45) is 22.7 Å². The molecule has 0 amide bonds. The number of carboxylic acids is 1. The van der Waals surface area contributed by atoms with Crippen LogP contribution in [0.4, 0.5) is 10.2 Å². The van der Waals surface area contributed by atoms with Gasteiger partial charge in [0, 0.05) is 37.5 Å². The van der Waals surface area contributed by atoms with E-state index in [4.69, 9.17) is 10.6 Å². The minimum atomic E-state index is -1.33. The van der Waals surface area contributed by atoms with Crippen LogP contribution >= 0.6 is 0 Å². The molecule has 2 unspecified atom stereocenters. The molecule has 0 spiro atoms. The van der Waals surface area contributed by atoms with Gasteiger partial charge in [-0.1, -0.05) is 5.16 Å². The lowest BCUT2D eigenvalue weighted by Gasteiger charge is -2.20. The fourth-order valence-electron chi connectivity index (χ4n) is 3.87. The molecular weight excluding hydrogens is 381 g/mol. The number of fused-ring (bicyclic) bond motifs is 1. The van der Waals surface area contributed by atoms with Crippen molar-refractivity contribution in [2.45, 2.75) is 18.9 Å². The van der Waals surface area contributed by atoms with E-state index in [0.717, 1.165) is 18.9 Å². The van der Waals surface area contributed by atoms with E-state index in [1.54, 1.807) is 15.7 Å². The molecule has 4 rings (SSSR count). The highest BCUT2D eigenvalue weighted by atomic mass is 19.1. The van der Waals surface area contributed by atoms with E-state index >= 15 is 0 Å². The summed E-state index contributed by atoms with van der Waals surface area (Å²) >= 11 is 0. The summed E-state index contributed by atoms with van der Waals surface area (Å²) in [6, 6.07) is 1.17. The van der Waals surface area contributed by atoms with Gasteiger partial charge in [-0.05, 0) is 31.4 Å². The van der Waals surface area contributed by atoms with E-state index in [1.807, 2.05) is 0 Å². The summed E-state index contributed by atoms with van der Waals surface area (Å²) in [5.41, 5.74) is 5.06. The number of hydrogen-bond donors (Lipinski definition) is 2. The lowest BCUT2D eigenvalue weighted by Crippen LogP contribution is -2.26. The maximum atomic E-state index is 15.0. The third-order valence-corrected chi connectivity index (χ3v) is 5.56. The number of carbonyl (C=O) groups is 1. The molecule has 2 aromatic heterocycles. The second kappa shape index (κ2) is 7.43. The van der Waals surface area contributed by atoms with Crippen molar-refractivity contribution in [1.82, 2.24) is 9.55 Å². The first-order chi connectivity index (χ1) is 13.9. The highest BCUT2D eigenvalue weighted by molar-refractivity contribution is 5.92. The molecule has 154 valence electrons. The maximum Gasteiger partial charge on any atom is 0.341 e. The highest BCUT2D eigenvalue weighted by Gasteiger charge is 2.34. The van der Waals surface area contributed by atoms with Gasteiger partial charge in [0.25, 0.3) is 0 Å². The summed E-state index contributed by atoms with van der Waals surface area (Å²) in [4.78, 5) is 35.0. The molecule has 1 aliphatic carbocycles. The predicted octanol–water partition coefficient (Wildman–Crippen LogP) is 1.21. The van der Waals surface area contributed by atoms with Gasteiger partial charge in [-0.2, -0.15) is 0 Å². The molecule has 2 aliphatic rings. The van der Waals surface area contributed by atoms with Gasteiger partial charge in [0.2, 0.25) is 5.43 Å². The standard InChI is InChI=1S/C19H22FN5O4/c1-29-22-6-11-8-24(7-10(11)5-21)18-15(20)4-13-16(26)14(19(27)28)9-25(12-2-3-12)17(13)23-18/h4,6,9-12H,2-3,5,7-8,21H2,1H3,(H,27,28). The molecule has 9 nitrogen and oxygen atoms in total. The topological polar surface area (TPSA) is 123 Å². The fraction of sp³-hybridized carbons (Fsp3) is 0.474. The molecule has 3 heterocycles. The van der Waals surface area contributed by atoms with Crippen LogP contribution < -0.4 is 16.1 Å². The molecular formula is C19H22FN5O4. The minimum Gasteiger partial charge on any atom is -0.477 e. The molecule has 0 radical (unpaired) electrons. The summed E-state index contributed by atoms with van der Waals surface area (Å²) < 4.78 is 16.6. The van der Waals surface area contributed by atoms with Gasteiger partial charge in [0.15, 0.2) is 11.6 Å². The van der Waals surface area contributed by atoms with Crippen molar-refractivity contribution in [3.8, 4) is 0 Å². The van der Waals surface area contributed by atoms with Gasteiger partial charge in [0.1, 0.15) is 18.3 Å². The summed E-state index contributed by atoms with van der Waals surface area (Å²) in [6.07, 6.45) is 4.70. The van der Waals surface area contributed by atoms with Crippen molar-refractivity contribution in [3.05, 3.63) is 33.9 Å². The van der Waals surface area contributed by atoms with Crippen LogP contribution in [0.2, 0.25) is 0 Å². The zero-order valence-electron chi connectivity index (χ0n) is 15.9. The Hall–Kier alpha value is -3.01. The molecule has 1 saturated carbocycles. The van der Waals surface area contributed by atoms with Crippen molar-refractivity contribution < 1.29 is 19.1 Å². The Bertz CT molecular complexity index is 1050. The zero-order valence-corrected chi connectivity index (χ0v) is 15.9. The molecule has 0 aromatic carbocycles. The molecule has 10 heteroatoms. The van der Waals surface area contributed by atoms with Crippen LogP contribution in [0, 0.1) is 17.7 Å².